The molecule has 3 aliphatic rings. The Morgan fingerprint density at radius 2 is 1.64 bits per heavy atom. The Balaban J connectivity index is 1.45. The van der Waals surface area contributed by atoms with Crippen molar-refractivity contribution in [2.24, 2.45) is 5.92 Å². The fourth-order valence-electron chi connectivity index (χ4n) is 5.35. The van der Waals surface area contributed by atoms with Crippen molar-refractivity contribution in [2.45, 2.75) is 37.5 Å². The third-order valence-electron chi connectivity index (χ3n) is 7.25. The molecule has 4 rings (SSSR count). The van der Waals surface area contributed by atoms with Crippen LogP contribution < -0.4 is 4.90 Å². The first-order chi connectivity index (χ1) is 17.3. The molecule has 0 unspecified atom stereocenters. The Morgan fingerprint density at radius 3 is 2.25 bits per heavy atom. The van der Waals surface area contributed by atoms with E-state index < -0.39 is 42.1 Å². The maximum Gasteiger partial charge on any atom is 0.410 e. The number of nitrogens with zero attached hydrogens (tertiary/aromatic N) is 4. The highest BCUT2D eigenvalue weighted by Crippen LogP contribution is 2.30. The standard InChI is InChI=1S/C24H32N4O8/c29-15-17-7-4-8-27(17)24(35)36-18-13-19(22(31)32)20(28(14-18)23(33)34)21(30)26-11-9-25(10-12-26)16-5-2-1-3-6-16/h1-3,5-6,17-20,29H,4,7-15H2,(H,31,32)(H,33,34)/t17-,18-,19-,20-/m0/s1. The predicted octanol–water partition coefficient (Wildman–Crippen LogP) is 0.750. The van der Waals surface area contributed by atoms with Gasteiger partial charge in [0.25, 0.3) is 0 Å². The van der Waals surface area contributed by atoms with E-state index in [4.69, 9.17) is 4.74 Å². The summed E-state index contributed by atoms with van der Waals surface area (Å²) in [5, 5.41) is 29.2. The highest BCUT2D eigenvalue weighted by atomic mass is 16.6. The van der Waals surface area contributed by atoms with Crippen LogP contribution in [0.15, 0.2) is 30.3 Å². The maximum absolute atomic E-state index is 13.4. The molecule has 0 aliphatic carbocycles. The van der Waals surface area contributed by atoms with Crippen molar-refractivity contribution in [3.05, 3.63) is 30.3 Å². The molecule has 12 heteroatoms. The van der Waals surface area contributed by atoms with Gasteiger partial charge in [0.1, 0.15) is 12.1 Å². The van der Waals surface area contributed by atoms with Crippen LogP contribution in [-0.4, -0.2) is 118 Å². The zero-order valence-corrected chi connectivity index (χ0v) is 19.9. The van der Waals surface area contributed by atoms with Crippen molar-refractivity contribution < 1.29 is 39.2 Å². The largest absolute Gasteiger partial charge is 0.481 e. The number of rotatable bonds is 5. The summed E-state index contributed by atoms with van der Waals surface area (Å²) in [6.45, 7) is 1.62. The number of para-hydroxylation sites is 1. The number of aliphatic hydroxyl groups is 1. The summed E-state index contributed by atoms with van der Waals surface area (Å²) in [7, 11) is 0. The van der Waals surface area contributed by atoms with Crippen LogP contribution in [0.25, 0.3) is 0 Å². The van der Waals surface area contributed by atoms with Gasteiger partial charge in [-0.1, -0.05) is 18.2 Å². The first kappa shape index (κ1) is 25.5. The number of aliphatic carboxylic acids is 1. The van der Waals surface area contributed by atoms with E-state index in [-0.39, 0.29) is 25.6 Å². The van der Waals surface area contributed by atoms with E-state index in [9.17, 15) is 34.5 Å². The molecule has 0 saturated carbocycles. The van der Waals surface area contributed by atoms with E-state index in [1.54, 1.807) is 0 Å². The molecular formula is C24H32N4O8. The molecule has 1 aromatic carbocycles. The number of carboxylic acid groups (broad SMARTS) is 2. The van der Waals surface area contributed by atoms with Crippen molar-refractivity contribution in [1.82, 2.24) is 14.7 Å². The SMILES string of the molecule is O=C(O)[C@H]1C[C@H](OC(=O)N2CCC[C@H]2CO)CN(C(=O)O)[C@@H]1C(=O)N1CCN(c2ccccc2)CC1. The Kier molecular flexibility index (Phi) is 7.82. The van der Waals surface area contributed by atoms with Gasteiger partial charge in [-0.2, -0.15) is 0 Å². The topological polar surface area (TPSA) is 151 Å². The molecule has 4 atom stereocenters. The molecule has 3 N–H and O–H groups in total. The summed E-state index contributed by atoms with van der Waals surface area (Å²) in [6, 6.07) is 7.92. The number of amides is 3. The fourth-order valence-corrected chi connectivity index (χ4v) is 5.35. The maximum atomic E-state index is 13.4. The van der Waals surface area contributed by atoms with Crippen molar-refractivity contribution in [2.75, 3.05) is 50.8 Å². The molecule has 0 spiro atoms. The summed E-state index contributed by atoms with van der Waals surface area (Å²) in [5.74, 6) is -3.24. The molecule has 36 heavy (non-hydrogen) atoms. The minimum absolute atomic E-state index is 0.178. The lowest BCUT2D eigenvalue weighted by Gasteiger charge is -2.44. The number of likely N-dealkylation sites (tertiary alicyclic amines) is 2. The molecule has 12 nitrogen and oxygen atoms in total. The van der Waals surface area contributed by atoms with Gasteiger partial charge in [0.2, 0.25) is 5.91 Å². The summed E-state index contributed by atoms with van der Waals surface area (Å²) < 4.78 is 5.48. The van der Waals surface area contributed by atoms with Crippen LogP contribution in [0.5, 0.6) is 0 Å². The number of benzene rings is 1. The van der Waals surface area contributed by atoms with Crippen LogP contribution >= 0.6 is 0 Å². The summed E-state index contributed by atoms with van der Waals surface area (Å²) in [4.78, 5) is 56.2. The lowest BCUT2D eigenvalue weighted by Crippen LogP contribution is -2.63. The first-order valence-electron chi connectivity index (χ1n) is 12.2. The van der Waals surface area contributed by atoms with E-state index in [0.717, 1.165) is 10.6 Å². The molecular weight excluding hydrogens is 472 g/mol. The number of carboxylic acids is 1. The monoisotopic (exact) mass is 504 g/mol. The lowest BCUT2D eigenvalue weighted by molar-refractivity contribution is -0.156. The van der Waals surface area contributed by atoms with Gasteiger partial charge in [0.15, 0.2) is 0 Å². The van der Waals surface area contributed by atoms with Crippen LogP contribution in [0.2, 0.25) is 0 Å². The van der Waals surface area contributed by atoms with E-state index in [0.29, 0.717) is 45.6 Å². The molecule has 196 valence electrons. The van der Waals surface area contributed by atoms with Crippen LogP contribution in [0.4, 0.5) is 15.3 Å². The van der Waals surface area contributed by atoms with Gasteiger partial charge in [-0.05, 0) is 25.0 Å². The predicted molar refractivity (Wildman–Crippen MR) is 127 cm³/mol. The highest BCUT2D eigenvalue weighted by molar-refractivity contribution is 5.91. The van der Waals surface area contributed by atoms with Crippen LogP contribution in [-0.2, 0) is 14.3 Å². The zero-order valence-electron chi connectivity index (χ0n) is 19.9. The first-order valence-corrected chi connectivity index (χ1v) is 12.2. The second-order valence-corrected chi connectivity index (χ2v) is 9.39. The Bertz CT molecular complexity index is 944. The normalized spacial score (nSPS) is 26.6. The van der Waals surface area contributed by atoms with Gasteiger partial charge < -0.3 is 34.8 Å². The Labute approximate surface area is 208 Å². The van der Waals surface area contributed by atoms with E-state index >= 15 is 0 Å². The van der Waals surface area contributed by atoms with Crippen LogP contribution in [0, 0.1) is 5.92 Å². The van der Waals surface area contributed by atoms with E-state index in [1.165, 1.54) is 9.80 Å². The van der Waals surface area contributed by atoms with Gasteiger partial charge in [0, 0.05) is 44.8 Å². The van der Waals surface area contributed by atoms with Crippen molar-refractivity contribution >= 4 is 29.8 Å². The Hall–Kier alpha value is -3.54. The van der Waals surface area contributed by atoms with Gasteiger partial charge in [-0.25, -0.2) is 9.59 Å². The van der Waals surface area contributed by atoms with Gasteiger partial charge in [0.05, 0.1) is 25.1 Å². The third kappa shape index (κ3) is 5.32. The van der Waals surface area contributed by atoms with Crippen molar-refractivity contribution in [1.29, 1.82) is 0 Å². The molecule has 3 heterocycles. The molecule has 0 bridgehead atoms. The smallest absolute Gasteiger partial charge is 0.410 e. The second kappa shape index (κ2) is 11.0. The minimum Gasteiger partial charge on any atom is -0.481 e. The quantitative estimate of drug-likeness (QED) is 0.528. The summed E-state index contributed by atoms with van der Waals surface area (Å²) in [5.41, 5.74) is 1.02. The molecule has 3 aliphatic heterocycles. The average molecular weight is 505 g/mol. The number of piperazine rings is 1. The number of aliphatic hydroxyl groups excluding tert-OH is 1. The van der Waals surface area contributed by atoms with Crippen LogP contribution in [0.1, 0.15) is 19.3 Å². The minimum atomic E-state index is -1.45. The summed E-state index contributed by atoms with van der Waals surface area (Å²) >= 11 is 0. The molecule has 0 radical (unpaired) electrons. The summed E-state index contributed by atoms with van der Waals surface area (Å²) in [6.07, 6.45) is -2.02. The number of carbonyl (C=O) groups is 4. The van der Waals surface area contributed by atoms with Crippen LogP contribution in [0.3, 0.4) is 0 Å². The number of hydrogen-bond acceptors (Lipinski definition) is 7. The average Bonchev–Trinajstić information content (AvgIpc) is 3.37. The number of anilines is 1. The highest BCUT2D eigenvalue weighted by Gasteiger charge is 2.49. The van der Waals surface area contributed by atoms with Crippen molar-refractivity contribution in [3.63, 3.8) is 0 Å². The van der Waals surface area contributed by atoms with Gasteiger partial charge >= 0.3 is 18.2 Å². The van der Waals surface area contributed by atoms with Crippen molar-refractivity contribution in [3.8, 4) is 0 Å². The number of piperidine rings is 1. The second-order valence-electron chi connectivity index (χ2n) is 9.39. The number of ether oxygens (including phenoxy) is 1. The number of hydrogen-bond donors (Lipinski definition) is 3. The molecule has 1 aromatic rings. The fraction of sp³-hybridized carbons (Fsp3) is 0.583. The molecule has 0 aromatic heterocycles. The lowest BCUT2D eigenvalue weighted by atomic mass is 9.86. The van der Waals surface area contributed by atoms with E-state index in [2.05, 4.69) is 4.90 Å². The Morgan fingerprint density at radius 1 is 0.944 bits per heavy atom. The zero-order chi connectivity index (χ0) is 25.8. The van der Waals surface area contributed by atoms with Gasteiger partial charge in [-0.15, -0.1) is 0 Å². The molecule has 3 saturated heterocycles. The van der Waals surface area contributed by atoms with E-state index in [1.807, 2.05) is 30.3 Å². The van der Waals surface area contributed by atoms with Gasteiger partial charge in [-0.3, -0.25) is 14.5 Å². The third-order valence-corrected chi connectivity index (χ3v) is 7.25. The molecule has 3 amide bonds. The number of carbonyl (C=O) groups excluding carboxylic acids is 2. The molecule has 3 fully saturated rings.